The average molecular weight is 586 g/mol. The Morgan fingerprint density at radius 1 is 1.44 bits per heavy atom. The summed E-state index contributed by atoms with van der Waals surface area (Å²) in [6, 6.07) is 7.22. The third-order valence-corrected chi connectivity index (χ3v) is 15.6. The van der Waals surface area contributed by atoms with Crippen molar-refractivity contribution in [3.8, 4) is 5.75 Å². The van der Waals surface area contributed by atoms with Gasteiger partial charge in [0.2, 0.25) is 0 Å². The summed E-state index contributed by atoms with van der Waals surface area (Å²) in [5.41, 5.74) is 0.443. The van der Waals surface area contributed by atoms with Crippen LogP contribution in [0.25, 0.3) is 0 Å². The Hall–Kier alpha value is -0.160. The van der Waals surface area contributed by atoms with Gasteiger partial charge in [0, 0.05) is 0 Å². The van der Waals surface area contributed by atoms with Crippen LogP contribution in [0.5, 0.6) is 5.75 Å². The van der Waals surface area contributed by atoms with Gasteiger partial charge in [-0.15, -0.1) is 0 Å². The number of halogens is 4. The van der Waals surface area contributed by atoms with Crippen LogP contribution < -0.4 is 9.88 Å². The van der Waals surface area contributed by atoms with E-state index in [1.54, 1.807) is 23.1 Å². The summed E-state index contributed by atoms with van der Waals surface area (Å²) in [4.78, 5) is -2.99. The number of rotatable bonds is 7. The molecule has 1 heterocycles. The van der Waals surface area contributed by atoms with Gasteiger partial charge in [-0.1, -0.05) is 0 Å². The van der Waals surface area contributed by atoms with Crippen LogP contribution in [0.15, 0.2) is 36.1 Å². The summed E-state index contributed by atoms with van der Waals surface area (Å²) in [6.45, 7) is 0. The van der Waals surface area contributed by atoms with Crippen molar-refractivity contribution in [1.82, 2.24) is 0 Å². The fourth-order valence-corrected chi connectivity index (χ4v) is 14.2. The van der Waals surface area contributed by atoms with Gasteiger partial charge >= 0.3 is 179 Å². The summed E-state index contributed by atoms with van der Waals surface area (Å²) in [7, 11) is -2.25. The standard InChI is InChI=1S/C14H15ClN2O3S.C2H2BrF2.In/c1-9(15)13(16)14(8-12(14)21(17,18)19)7-10-3-5-11(20-2)6-4-10;1-2(3,4)5;/h1,3-6,12H,7-8H2,2H3,(H2,17,18,19);1H2;/q-1;;+1. The maximum absolute atomic E-state index is 13.3. The molecule has 11 heteroatoms. The van der Waals surface area contributed by atoms with E-state index in [2.05, 4.69) is 18.9 Å². The molecule has 1 saturated carbocycles. The second-order valence-corrected chi connectivity index (χ2v) is 16.2. The second kappa shape index (κ2) is 7.59. The zero-order valence-electron chi connectivity index (χ0n) is 14.3. The van der Waals surface area contributed by atoms with E-state index in [1.165, 1.54) is 0 Å². The molecule has 0 aromatic heterocycles. The molecule has 1 aromatic rings. The molecule has 3 rings (SSSR count). The van der Waals surface area contributed by atoms with Crippen molar-refractivity contribution >= 4 is 65.0 Å². The molecular weight excluding hydrogens is 568 g/mol. The number of nitrogens with two attached hydrogens (primary N) is 1. The van der Waals surface area contributed by atoms with Gasteiger partial charge < -0.3 is 0 Å². The fraction of sp³-hybridized carbons (Fsp3) is 0.438. The first kappa shape index (κ1) is 21.5. The van der Waals surface area contributed by atoms with Gasteiger partial charge in [-0.25, -0.2) is 0 Å². The van der Waals surface area contributed by atoms with E-state index in [0.717, 1.165) is 5.56 Å². The van der Waals surface area contributed by atoms with E-state index >= 15 is 0 Å². The normalized spacial score (nSPS) is 25.3. The molecule has 0 spiro atoms. The van der Waals surface area contributed by atoms with Gasteiger partial charge in [0.15, 0.2) is 0 Å². The van der Waals surface area contributed by atoms with E-state index < -0.39 is 47.2 Å². The Kier molecular flexibility index (Phi) is 6.06. The predicted molar refractivity (Wildman–Crippen MR) is 106 cm³/mol. The van der Waals surface area contributed by atoms with Crippen LogP contribution in [-0.4, -0.2) is 53.0 Å². The number of nitrogens with zero attached hydrogens (tertiary/aromatic N) is 1. The van der Waals surface area contributed by atoms with Crippen molar-refractivity contribution in [3.05, 3.63) is 38.7 Å². The monoisotopic (exact) mass is 584 g/mol. The van der Waals surface area contributed by atoms with Gasteiger partial charge in [0.05, 0.1) is 0 Å². The van der Waals surface area contributed by atoms with Crippen LogP contribution in [0.4, 0.5) is 8.78 Å². The van der Waals surface area contributed by atoms with Crippen molar-refractivity contribution in [3.63, 3.8) is 0 Å². The van der Waals surface area contributed by atoms with Gasteiger partial charge in [0.25, 0.3) is 0 Å². The molecule has 2 unspecified atom stereocenters. The number of benzene rings is 1. The number of allylic oxidation sites excluding steroid dienone is 1. The van der Waals surface area contributed by atoms with Gasteiger partial charge in [-0.2, -0.15) is 0 Å². The van der Waals surface area contributed by atoms with Crippen molar-refractivity contribution in [2.75, 3.05) is 7.11 Å². The first-order chi connectivity index (χ1) is 12.4. The van der Waals surface area contributed by atoms with Crippen LogP contribution in [0.3, 0.4) is 0 Å². The molecule has 5 nitrogen and oxygen atoms in total. The summed E-state index contributed by atoms with van der Waals surface area (Å²) >= 11 is 5.56. The Balaban J connectivity index is 1.93. The molecule has 27 heavy (non-hydrogen) atoms. The maximum atomic E-state index is 13.3. The number of ether oxygens (including phenoxy) is 1. The number of hydrogen-bond donors (Lipinski definition) is 1. The quantitative estimate of drug-likeness (QED) is 0.499. The Labute approximate surface area is 178 Å². The molecule has 0 saturated heterocycles. The van der Waals surface area contributed by atoms with E-state index in [1.807, 2.05) is 12.1 Å². The zero-order valence-corrected chi connectivity index (χ0v) is 20.8. The molecule has 2 aliphatic rings. The van der Waals surface area contributed by atoms with Crippen LogP contribution in [0.2, 0.25) is 4.18 Å². The molecule has 0 bridgehead atoms. The van der Waals surface area contributed by atoms with Crippen LogP contribution in [0.1, 0.15) is 12.0 Å². The fourth-order valence-electron chi connectivity index (χ4n) is 3.55. The first-order valence-corrected chi connectivity index (χ1v) is 16.6. The van der Waals surface area contributed by atoms with Crippen LogP contribution in [-0.2, 0) is 16.4 Å². The average Bonchev–Trinajstić information content (AvgIpc) is 3.16. The first-order valence-electron chi connectivity index (χ1n) is 8.12. The van der Waals surface area contributed by atoms with Crippen molar-refractivity contribution < 1.29 is 21.9 Å². The number of primary sulfonamides is 1. The molecule has 0 radical (unpaired) electrons. The van der Waals surface area contributed by atoms with Crippen molar-refractivity contribution in [2.45, 2.75) is 27.1 Å². The number of alkyl halides is 3. The van der Waals surface area contributed by atoms with E-state index in [-0.39, 0.29) is 10.6 Å². The van der Waals surface area contributed by atoms with E-state index in [4.69, 9.17) is 21.5 Å². The number of hydrogen-bond acceptors (Lipinski definition) is 4. The molecular formula is C16H17BrClF2InN2O3S. The summed E-state index contributed by atoms with van der Waals surface area (Å²) in [6.07, 6.45) is 0.647. The molecule has 2 atom stereocenters. The number of methoxy groups -OCH3 is 1. The molecule has 1 aliphatic carbocycles. The van der Waals surface area contributed by atoms with E-state index in [9.17, 15) is 17.2 Å². The van der Waals surface area contributed by atoms with Crippen molar-refractivity contribution in [1.29, 1.82) is 0 Å². The Morgan fingerprint density at radius 3 is 2.56 bits per heavy atom. The summed E-state index contributed by atoms with van der Waals surface area (Å²) in [5, 5.41) is 4.87. The van der Waals surface area contributed by atoms with Crippen LogP contribution >= 0.6 is 27.5 Å². The summed E-state index contributed by atoms with van der Waals surface area (Å²) in [5.74, 6) is 0.679. The molecule has 1 aliphatic heterocycles. The molecule has 1 aromatic carbocycles. The SMILES string of the molecule is COc1ccc(CC2(C3=[N][In]([CH2]C(F)(F)Br)[CH]=C3Cl)CC2S(N)(=O)=O)cc1. The molecule has 146 valence electrons. The Bertz CT molecular complexity index is 905. The van der Waals surface area contributed by atoms with Crippen molar-refractivity contribution in [2.24, 2.45) is 13.5 Å². The number of sulfonamides is 1. The third kappa shape index (κ3) is 4.88. The van der Waals surface area contributed by atoms with Gasteiger partial charge in [-0.05, 0) is 0 Å². The summed E-state index contributed by atoms with van der Waals surface area (Å²) < 4.78 is 61.6. The van der Waals surface area contributed by atoms with Gasteiger partial charge in [0.1, 0.15) is 0 Å². The van der Waals surface area contributed by atoms with E-state index in [0.29, 0.717) is 22.9 Å². The predicted octanol–water partition coefficient (Wildman–Crippen LogP) is 3.38. The Morgan fingerprint density at radius 2 is 2.07 bits per heavy atom. The minimum atomic E-state index is -3.81. The third-order valence-electron chi connectivity index (χ3n) is 4.85. The minimum absolute atomic E-state index is 0.282. The molecule has 1 fully saturated rings. The van der Waals surface area contributed by atoms with Gasteiger partial charge in [-0.3, -0.25) is 0 Å². The zero-order chi connectivity index (χ0) is 20.0. The second-order valence-electron chi connectivity index (χ2n) is 6.84. The molecule has 2 N–H and O–H groups in total. The topological polar surface area (TPSA) is 81.8 Å². The van der Waals surface area contributed by atoms with Crippen LogP contribution in [0, 0.1) is 5.41 Å². The molecule has 0 amide bonds.